The second-order valence-electron chi connectivity index (χ2n) is 33.4. The molecule has 0 radical (unpaired) electrons. The minimum Gasteiger partial charge on any atom is -0.359 e. The van der Waals surface area contributed by atoms with Gasteiger partial charge in [0, 0.05) is 21.3 Å². The van der Waals surface area contributed by atoms with E-state index >= 15 is 0 Å². The van der Waals surface area contributed by atoms with E-state index in [0.29, 0.717) is 0 Å². The molecule has 0 N–H and O–H groups in total. The predicted octanol–water partition coefficient (Wildman–Crippen LogP) is 25.0. The molecule has 30 bridgehead atoms. The smallest absolute Gasteiger partial charge is 0.147 e. The molecule has 0 unspecified atom stereocenters. The van der Waals surface area contributed by atoms with E-state index in [1.54, 1.807) is 21.3 Å². The maximum atomic E-state index is 6.78. The van der Waals surface area contributed by atoms with Crippen molar-refractivity contribution in [3.05, 3.63) is 299 Å². The Morgan fingerprint density at radius 2 is 0.343 bits per heavy atom. The molecule has 0 aliphatic heterocycles. The van der Waals surface area contributed by atoms with Crippen LogP contribution in [0, 0.1) is 0 Å². The molecule has 27 aliphatic rings. The Hall–Kier alpha value is -8.56. The first-order valence-corrected chi connectivity index (χ1v) is 38.8. The van der Waals surface area contributed by atoms with Gasteiger partial charge in [-0.2, -0.15) is 0 Å². The molecule has 4 fully saturated rings. The van der Waals surface area contributed by atoms with Crippen LogP contribution in [0.3, 0.4) is 0 Å². The fourth-order valence-electron chi connectivity index (χ4n) is 19.2. The Kier molecular flexibility index (Phi) is 19.3. The monoisotopic (exact) mass is 1390 g/mol. The second-order valence-corrected chi connectivity index (χ2v) is 33.4. The lowest BCUT2D eigenvalue weighted by atomic mass is 9.60. The maximum Gasteiger partial charge on any atom is 0.147 e. The zero-order valence-electron chi connectivity index (χ0n) is 63.1. The summed E-state index contributed by atoms with van der Waals surface area (Å²) in [6.07, 6.45) is 16.1. The Balaban J connectivity index is 0.655. The number of ether oxygens (including phenoxy) is 6. The van der Waals surface area contributed by atoms with E-state index in [2.05, 4.69) is 289 Å². The van der Waals surface area contributed by atoms with Gasteiger partial charge >= 0.3 is 0 Å². The van der Waals surface area contributed by atoms with Crippen LogP contribution >= 0.6 is 0 Å². The quantitative estimate of drug-likeness (QED) is 0.134. The summed E-state index contributed by atoms with van der Waals surface area (Å²) in [6, 6.07) is 97.7. The van der Waals surface area contributed by atoms with E-state index in [-0.39, 0.29) is 47.5 Å². The van der Waals surface area contributed by atoms with Gasteiger partial charge in [0.1, 0.15) is 20.4 Å². The predicted molar refractivity (Wildman–Crippen MR) is 430 cm³/mol. The third kappa shape index (κ3) is 13.7. The van der Waals surface area contributed by atoms with Crippen LogP contribution in [0.25, 0.3) is 77.5 Å². The Morgan fingerprint density at radius 1 is 0.190 bits per heavy atom. The summed E-state index contributed by atoms with van der Waals surface area (Å²) >= 11 is 0. The van der Waals surface area contributed by atoms with Crippen molar-refractivity contribution in [3.63, 3.8) is 0 Å². The molecular formula is C99H104O6. The highest BCUT2D eigenvalue weighted by Gasteiger charge is 2.48. The minimum absolute atomic E-state index is 0.00544. The molecule has 4 saturated carbocycles. The van der Waals surface area contributed by atoms with Crippen LogP contribution in [0.4, 0.5) is 0 Å². The highest BCUT2D eigenvalue weighted by Crippen LogP contribution is 2.55. The van der Waals surface area contributed by atoms with Crippen molar-refractivity contribution in [3.8, 4) is 66.8 Å². The average Bonchev–Trinajstić information content (AvgIpc) is 0.792. The van der Waals surface area contributed by atoms with Crippen molar-refractivity contribution < 1.29 is 28.4 Å². The number of benzene rings is 11. The zero-order valence-corrected chi connectivity index (χ0v) is 63.1. The van der Waals surface area contributed by atoms with Gasteiger partial charge in [-0.1, -0.05) is 277 Å². The molecule has 536 valence electrons. The summed E-state index contributed by atoms with van der Waals surface area (Å²) in [7, 11) is 5.14. The van der Waals surface area contributed by atoms with E-state index in [9.17, 15) is 0 Å². The topological polar surface area (TPSA) is 55.4 Å². The lowest BCUT2D eigenvalue weighted by Gasteiger charge is -2.46. The van der Waals surface area contributed by atoms with Crippen LogP contribution in [0.15, 0.2) is 255 Å². The van der Waals surface area contributed by atoms with Crippen LogP contribution in [0.2, 0.25) is 0 Å². The molecular weight excluding hydrogens is 1290 g/mol. The maximum absolute atomic E-state index is 6.78. The molecule has 0 atom stereocenters. The zero-order chi connectivity index (χ0) is 72.1. The average molecular weight is 1390 g/mol. The molecule has 11 aromatic rings. The number of hydrogen-bond donors (Lipinski definition) is 0. The normalized spacial score (nSPS) is 26.5. The summed E-state index contributed by atoms with van der Waals surface area (Å²) in [5.74, 6) is 0. The fourth-order valence-corrected chi connectivity index (χ4v) is 19.2. The molecule has 0 aromatic heterocycles. The first-order valence-electron chi connectivity index (χ1n) is 38.8. The molecule has 6 heteroatoms. The Bertz CT molecular complexity index is 4790. The van der Waals surface area contributed by atoms with Gasteiger partial charge in [0.05, 0.1) is 16.8 Å². The van der Waals surface area contributed by atoms with Gasteiger partial charge in [0.15, 0.2) is 0 Å². The van der Waals surface area contributed by atoms with Crippen molar-refractivity contribution in [2.75, 3.05) is 41.7 Å². The Labute approximate surface area is 624 Å². The molecule has 38 rings (SSSR count). The van der Waals surface area contributed by atoms with Crippen LogP contribution in [-0.4, -0.2) is 41.7 Å². The van der Waals surface area contributed by atoms with Gasteiger partial charge in [0.25, 0.3) is 0 Å². The highest BCUT2D eigenvalue weighted by molar-refractivity contribution is 5.91. The highest BCUT2D eigenvalue weighted by atomic mass is 16.7. The van der Waals surface area contributed by atoms with Crippen LogP contribution in [-0.2, 0) is 72.3 Å². The van der Waals surface area contributed by atoms with E-state index in [1.165, 1.54) is 149 Å². The van der Waals surface area contributed by atoms with Crippen LogP contribution < -0.4 is 0 Å². The number of hydrogen-bond acceptors (Lipinski definition) is 6. The van der Waals surface area contributed by atoms with Gasteiger partial charge < -0.3 is 28.4 Å². The molecule has 27 aliphatic carbocycles. The van der Waals surface area contributed by atoms with Crippen molar-refractivity contribution in [2.24, 2.45) is 0 Å². The second kappa shape index (κ2) is 28.6. The van der Waals surface area contributed by atoms with E-state index in [0.717, 1.165) is 75.3 Å². The Morgan fingerprint density at radius 3 is 0.543 bits per heavy atom. The van der Waals surface area contributed by atoms with Gasteiger partial charge in [-0.3, -0.25) is 0 Å². The lowest BCUT2D eigenvalue weighted by molar-refractivity contribution is -0.203. The fraction of sp³-hybridized carbons (Fsp3) is 0.354. The molecule has 0 saturated heterocycles. The third-order valence-electron chi connectivity index (χ3n) is 27.2. The first kappa shape index (κ1) is 70.7. The van der Waals surface area contributed by atoms with Gasteiger partial charge in [-0.15, -0.1) is 0 Å². The molecule has 105 heavy (non-hydrogen) atoms. The molecule has 0 heterocycles. The molecule has 0 amide bonds. The van der Waals surface area contributed by atoms with E-state index < -0.39 is 16.8 Å². The lowest BCUT2D eigenvalue weighted by Crippen LogP contribution is -2.43. The summed E-state index contributed by atoms with van der Waals surface area (Å²) in [4.78, 5) is 0. The molecule has 6 nitrogen and oxygen atoms in total. The van der Waals surface area contributed by atoms with Crippen LogP contribution in [0.1, 0.15) is 182 Å². The number of methoxy groups -OCH3 is 3. The summed E-state index contributed by atoms with van der Waals surface area (Å²) in [5.41, 5.74) is 24.5. The number of rotatable bonds is 9. The van der Waals surface area contributed by atoms with Crippen LogP contribution in [0.5, 0.6) is 0 Å². The summed E-state index contributed by atoms with van der Waals surface area (Å²) < 4.78 is 37.2. The third-order valence-corrected chi connectivity index (χ3v) is 27.2. The van der Waals surface area contributed by atoms with Crippen molar-refractivity contribution >= 4 is 10.8 Å². The van der Waals surface area contributed by atoms with E-state index in [4.69, 9.17) is 28.4 Å². The minimum atomic E-state index is -0.545. The molecule has 0 spiro atoms. The van der Waals surface area contributed by atoms with Crippen molar-refractivity contribution in [1.82, 2.24) is 0 Å². The van der Waals surface area contributed by atoms with E-state index in [1.807, 2.05) is 0 Å². The molecule has 11 aromatic carbocycles. The first-order chi connectivity index (χ1) is 50.9. The summed E-state index contributed by atoms with van der Waals surface area (Å²) in [6.45, 7) is 13.1. The standard InChI is InChI=1S/C99H104O6/c1-92-49-51-93(2,52-50-92)85-35-19-73(20-36-85)74-21-37-86(38-22-74)94(3)53-55-95(4,56-54-94)87-41-25-78(26-42-87)80-13-15-83-66-81(14-16-82(83)65-80)79-31-47-89(48-32-79)97(103-67-100-6)59-57-96(5,58-60-97)88-39-23-75(24-40-88)77-29-45-91(46-30-77)99(105-69-102-8)63-61-98(62-64-99,104-68-101-7)90-43-27-76(28-44-90)71-11-9-70(10-12-71)72-17-33-84(92)34-18-72/h9-48,65-66H,49-64,67-69H2,1-8H3. The van der Waals surface area contributed by atoms with Crippen molar-refractivity contribution in [1.29, 1.82) is 0 Å². The largest absolute Gasteiger partial charge is 0.359 e. The van der Waals surface area contributed by atoms with Gasteiger partial charge in [-0.25, -0.2) is 0 Å². The summed E-state index contributed by atoms with van der Waals surface area (Å²) in [5, 5.41) is 2.49. The SMILES string of the molecule is COCOC12CCC(C)(CC1)c1ccc(cc1)-c1ccc(cc1)C1(OCOC)CCC(OCOC)(CC1)c1ccc(cc1)-c1ccc(cc1)-c1ccc(cc1)C1(C)CCC(C)(CC1)c1ccc(cc1)-c1ccc(cc1)C1(C)CCC(C)(CC1)c1ccc(cc1)-c1ccc3cc(ccc3c1)-c1ccc2cc1. The van der Waals surface area contributed by atoms with Gasteiger partial charge in [-0.05, 0) is 264 Å². The van der Waals surface area contributed by atoms with Gasteiger partial charge in [0.2, 0.25) is 0 Å². The van der Waals surface area contributed by atoms with Crippen molar-refractivity contribution in [2.45, 2.75) is 181 Å².